The fourth-order valence-electron chi connectivity index (χ4n) is 1.30. The second kappa shape index (κ2) is 8.98. The van der Waals surface area contributed by atoms with Gasteiger partial charge in [0.1, 0.15) is 0 Å². The lowest BCUT2D eigenvalue weighted by Gasteiger charge is -2.11. The summed E-state index contributed by atoms with van der Waals surface area (Å²) in [6, 6.07) is 0. The lowest BCUT2D eigenvalue weighted by atomic mass is 10.4. The van der Waals surface area contributed by atoms with Crippen molar-refractivity contribution in [2.24, 2.45) is 0 Å². The Morgan fingerprint density at radius 3 is 2.83 bits per heavy atom. The number of aromatic nitrogens is 2. The van der Waals surface area contributed by atoms with Gasteiger partial charge in [0, 0.05) is 13.2 Å². The molecule has 1 unspecified atom stereocenters. The summed E-state index contributed by atoms with van der Waals surface area (Å²) in [6.45, 7) is 6.55. The van der Waals surface area contributed by atoms with Crippen LogP contribution < -0.4 is 5.32 Å². The van der Waals surface area contributed by atoms with E-state index in [2.05, 4.69) is 15.5 Å². The van der Waals surface area contributed by atoms with Gasteiger partial charge in [-0.25, -0.2) is 0 Å². The molecule has 0 saturated carbocycles. The molecule has 1 rings (SSSR count). The average molecular weight is 259 g/mol. The highest BCUT2D eigenvalue weighted by atomic mass is 16.5. The molecular formula is C11H21N3O4. The van der Waals surface area contributed by atoms with Crippen molar-refractivity contribution in [1.82, 2.24) is 15.5 Å². The Bertz CT molecular complexity index is 319. The Hall–Kier alpha value is -1.02. The number of nitrogens with zero attached hydrogens (tertiary/aromatic N) is 2. The molecule has 0 aliphatic carbocycles. The summed E-state index contributed by atoms with van der Waals surface area (Å²) in [7, 11) is 0. The number of aryl methyl sites for hydroxylation is 1. The highest BCUT2D eigenvalue weighted by Gasteiger charge is 2.06. The van der Waals surface area contributed by atoms with E-state index in [9.17, 15) is 5.11 Å². The first-order chi connectivity index (χ1) is 8.72. The van der Waals surface area contributed by atoms with Gasteiger partial charge >= 0.3 is 0 Å². The standard InChI is InChI=1S/C11H21N3O4/c1-3-16-4-5-17-8-10(15)6-12-7-11-13-9(2)14-18-11/h10,12,15H,3-8H2,1-2H3. The molecule has 1 heterocycles. The van der Waals surface area contributed by atoms with E-state index >= 15 is 0 Å². The summed E-state index contributed by atoms with van der Waals surface area (Å²) in [5.41, 5.74) is 0. The monoisotopic (exact) mass is 259 g/mol. The topological polar surface area (TPSA) is 89.6 Å². The van der Waals surface area contributed by atoms with Crippen LogP contribution in [0.15, 0.2) is 4.52 Å². The van der Waals surface area contributed by atoms with Crippen molar-refractivity contribution in [3.63, 3.8) is 0 Å². The number of hydrogen-bond acceptors (Lipinski definition) is 7. The third-order valence-electron chi connectivity index (χ3n) is 2.11. The van der Waals surface area contributed by atoms with E-state index in [0.29, 0.717) is 44.6 Å². The first kappa shape index (κ1) is 15.0. The quantitative estimate of drug-likeness (QED) is 0.566. The van der Waals surface area contributed by atoms with Crippen LogP contribution in [0.3, 0.4) is 0 Å². The lowest BCUT2D eigenvalue weighted by molar-refractivity contribution is 0.00627. The molecule has 7 heteroatoms. The van der Waals surface area contributed by atoms with Crippen molar-refractivity contribution in [3.8, 4) is 0 Å². The molecule has 7 nitrogen and oxygen atoms in total. The Balaban J connectivity index is 1.98. The number of nitrogens with one attached hydrogen (secondary N) is 1. The van der Waals surface area contributed by atoms with E-state index in [0.717, 1.165) is 0 Å². The number of aliphatic hydroxyl groups is 1. The van der Waals surface area contributed by atoms with Crippen LogP contribution in [0.2, 0.25) is 0 Å². The molecule has 0 radical (unpaired) electrons. The third-order valence-corrected chi connectivity index (χ3v) is 2.11. The normalized spacial score (nSPS) is 12.8. The van der Waals surface area contributed by atoms with Crippen LogP contribution in [0.25, 0.3) is 0 Å². The summed E-state index contributed by atoms with van der Waals surface area (Å²) < 4.78 is 15.3. The highest BCUT2D eigenvalue weighted by molar-refractivity contribution is 4.81. The van der Waals surface area contributed by atoms with Crippen LogP contribution in [0.5, 0.6) is 0 Å². The number of rotatable bonds is 10. The smallest absolute Gasteiger partial charge is 0.240 e. The Labute approximate surface area is 106 Å². The maximum atomic E-state index is 9.59. The van der Waals surface area contributed by atoms with Gasteiger partial charge in [0.2, 0.25) is 5.89 Å². The predicted octanol–water partition coefficient (Wildman–Crippen LogP) is -0.118. The maximum absolute atomic E-state index is 9.59. The van der Waals surface area contributed by atoms with Gasteiger partial charge in [-0.2, -0.15) is 4.98 Å². The summed E-state index contributed by atoms with van der Waals surface area (Å²) in [5, 5.41) is 16.3. The number of ether oxygens (including phenoxy) is 2. The van der Waals surface area contributed by atoms with E-state index in [1.54, 1.807) is 6.92 Å². The van der Waals surface area contributed by atoms with Crippen LogP contribution in [-0.4, -0.2) is 54.3 Å². The minimum absolute atomic E-state index is 0.281. The maximum Gasteiger partial charge on any atom is 0.240 e. The highest BCUT2D eigenvalue weighted by Crippen LogP contribution is 1.94. The molecule has 0 aromatic carbocycles. The average Bonchev–Trinajstić information content (AvgIpc) is 2.75. The fourth-order valence-corrected chi connectivity index (χ4v) is 1.30. The van der Waals surface area contributed by atoms with Crippen molar-refractivity contribution in [2.75, 3.05) is 33.0 Å². The van der Waals surface area contributed by atoms with Crippen molar-refractivity contribution in [1.29, 1.82) is 0 Å². The minimum atomic E-state index is -0.560. The number of hydrogen-bond donors (Lipinski definition) is 2. The summed E-state index contributed by atoms with van der Waals surface area (Å²) in [6.07, 6.45) is -0.560. The molecule has 0 bridgehead atoms. The zero-order valence-corrected chi connectivity index (χ0v) is 10.9. The molecular weight excluding hydrogens is 238 g/mol. The predicted molar refractivity (Wildman–Crippen MR) is 64.1 cm³/mol. The molecule has 0 amide bonds. The lowest BCUT2D eigenvalue weighted by Crippen LogP contribution is -2.30. The van der Waals surface area contributed by atoms with E-state index in [1.165, 1.54) is 0 Å². The third kappa shape index (κ3) is 6.65. The van der Waals surface area contributed by atoms with Gasteiger partial charge in [-0.05, 0) is 13.8 Å². The molecule has 2 N–H and O–H groups in total. The van der Waals surface area contributed by atoms with E-state index < -0.39 is 6.10 Å². The van der Waals surface area contributed by atoms with Gasteiger partial charge in [-0.15, -0.1) is 0 Å². The fraction of sp³-hybridized carbons (Fsp3) is 0.818. The van der Waals surface area contributed by atoms with Crippen molar-refractivity contribution in [3.05, 3.63) is 11.7 Å². The first-order valence-corrected chi connectivity index (χ1v) is 6.05. The van der Waals surface area contributed by atoms with E-state index in [4.69, 9.17) is 14.0 Å². The summed E-state index contributed by atoms with van der Waals surface area (Å²) in [4.78, 5) is 4.03. The van der Waals surface area contributed by atoms with Crippen LogP contribution >= 0.6 is 0 Å². The molecule has 0 fully saturated rings. The Kier molecular flexibility index (Phi) is 7.51. The number of aliphatic hydroxyl groups excluding tert-OH is 1. The molecule has 18 heavy (non-hydrogen) atoms. The van der Waals surface area contributed by atoms with Crippen LogP contribution in [0.1, 0.15) is 18.6 Å². The molecule has 1 aromatic heterocycles. The van der Waals surface area contributed by atoms with Gasteiger partial charge in [-0.3, -0.25) is 0 Å². The van der Waals surface area contributed by atoms with Gasteiger partial charge < -0.3 is 24.4 Å². The largest absolute Gasteiger partial charge is 0.389 e. The van der Waals surface area contributed by atoms with E-state index in [-0.39, 0.29) is 6.61 Å². The molecule has 1 aromatic rings. The van der Waals surface area contributed by atoms with E-state index in [1.807, 2.05) is 6.92 Å². The van der Waals surface area contributed by atoms with Crippen LogP contribution in [0.4, 0.5) is 0 Å². The SMILES string of the molecule is CCOCCOCC(O)CNCc1nc(C)no1. The summed E-state index contributed by atoms with van der Waals surface area (Å²) in [5.74, 6) is 1.11. The molecule has 1 atom stereocenters. The second-order valence-electron chi connectivity index (χ2n) is 3.79. The zero-order valence-electron chi connectivity index (χ0n) is 10.9. The zero-order chi connectivity index (χ0) is 13.2. The van der Waals surface area contributed by atoms with Gasteiger partial charge in [0.15, 0.2) is 5.82 Å². The van der Waals surface area contributed by atoms with Crippen molar-refractivity contribution in [2.45, 2.75) is 26.5 Å². The van der Waals surface area contributed by atoms with Crippen LogP contribution in [-0.2, 0) is 16.0 Å². The first-order valence-electron chi connectivity index (χ1n) is 6.05. The van der Waals surface area contributed by atoms with Crippen molar-refractivity contribution < 1.29 is 19.1 Å². The summed E-state index contributed by atoms with van der Waals surface area (Å²) >= 11 is 0. The van der Waals surface area contributed by atoms with Gasteiger partial charge in [0.05, 0.1) is 32.5 Å². The Morgan fingerprint density at radius 2 is 2.17 bits per heavy atom. The van der Waals surface area contributed by atoms with Gasteiger partial charge in [-0.1, -0.05) is 5.16 Å². The van der Waals surface area contributed by atoms with Crippen LogP contribution in [0, 0.1) is 6.92 Å². The molecule has 0 aliphatic rings. The molecule has 0 spiro atoms. The molecule has 0 saturated heterocycles. The van der Waals surface area contributed by atoms with Crippen molar-refractivity contribution >= 4 is 0 Å². The molecule has 0 aliphatic heterocycles. The Morgan fingerprint density at radius 1 is 1.39 bits per heavy atom. The van der Waals surface area contributed by atoms with Gasteiger partial charge in [0.25, 0.3) is 0 Å². The molecule has 104 valence electrons. The minimum Gasteiger partial charge on any atom is -0.389 e. The second-order valence-corrected chi connectivity index (χ2v) is 3.79.